The molecule has 0 unspecified atom stereocenters. The van der Waals surface area contributed by atoms with Crippen molar-refractivity contribution in [2.75, 3.05) is 0 Å². The largest absolute Gasteiger partial charge is 0.418 e. The van der Waals surface area contributed by atoms with Crippen molar-refractivity contribution in [2.45, 2.75) is 431 Å². The molecule has 12 rings (SSSR count). The van der Waals surface area contributed by atoms with Crippen LogP contribution in [-0.2, 0) is 79.4 Å². The van der Waals surface area contributed by atoms with Crippen molar-refractivity contribution >= 4 is 211 Å². The smallest absolute Gasteiger partial charge is 0.373 e. The van der Waals surface area contributed by atoms with Gasteiger partial charge in [-0.1, -0.05) is 362 Å². The number of thiophene rings is 12. The average Bonchev–Trinajstić information content (AvgIpc) is 1.70. The predicted molar refractivity (Wildman–Crippen MR) is 664 cm³/mol. The molecule has 0 N–H and O–H groups in total. The zero-order valence-electron chi connectivity index (χ0n) is 83.9. The van der Waals surface area contributed by atoms with E-state index in [0.717, 1.165) is 25.3 Å². The molecular formula is C116H196BrClFIO6S12. The fourth-order valence-electron chi connectivity index (χ4n) is 9.32. The molecule has 22 heteroatoms. The minimum Gasteiger partial charge on any atom is -0.418 e. The molecule has 796 valence electrons. The van der Waals surface area contributed by atoms with Gasteiger partial charge < -0.3 is 4.74 Å². The fourth-order valence-corrected chi connectivity index (χ4v) is 21.3. The molecule has 0 aliphatic heterocycles. The molecule has 12 aromatic heterocycles. The first-order chi connectivity index (χ1) is 57.5. The molecular weight excluding hydrogens is 2130 g/mol. The maximum Gasteiger partial charge on any atom is 0.373 e. The zero-order valence-corrected chi connectivity index (χ0v) is 97.2. The molecule has 0 atom stereocenters. The second-order valence-corrected chi connectivity index (χ2v) is 59.1. The van der Waals surface area contributed by atoms with Gasteiger partial charge in [-0.15, -0.1) is 136 Å². The van der Waals surface area contributed by atoms with Gasteiger partial charge in [0, 0.05) is 73.2 Å². The topological polar surface area (TPSA) is 94.6 Å². The van der Waals surface area contributed by atoms with Crippen molar-refractivity contribution in [1.82, 2.24) is 0 Å². The molecule has 0 spiro atoms. The minimum absolute atomic E-state index is 0. The van der Waals surface area contributed by atoms with Crippen molar-refractivity contribution in [1.29, 1.82) is 0 Å². The Bertz CT molecular complexity index is 4500. The Morgan fingerprint density at radius 2 is 0.630 bits per heavy atom. The van der Waals surface area contributed by atoms with Crippen LogP contribution in [0.4, 0.5) is 4.39 Å². The highest BCUT2D eigenvalue weighted by Crippen LogP contribution is 2.39. The molecule has 0 aliphatic carbocycles. The van der Waals surface area contributed by atoms with E-state index in [1.807, 2.05) is 129 Å². The lowest BCUT2D eigenvalue weighted by Crippen LogP contribution is -2.07. The summed E-state index contributed by atoms with van der Waals surface area (Å²) < 4.78 is 28.0. The van der Waals surface area contributed by atoms with E-state index in [1.54, 1.807) is 52.3 Å². The molecule has 0 bridgehead atoms. The van der Waals surface area contributed by atoms with Crippen LogP contribution in [-0.4, -0.2) is 24.7 Å². The summed E-state index contributed by atoms with van der Waals surface area (Å²) in [6.45, 7) is 87.5. The number of hydrogen-bond donors (Lipinski definition) is 0. The van der Waals surface area contributed by atoms with Crippen LogP contribution < -0.4 is 4.74 Å². The molecule has 0 saturated carbocycles. The summed E-state index contributed by atoms with van der Waals surface area (Å²) in [6.07, 6.45) is 1.15. The van der Waals surface area contributed by atoms with Crippen LogP contribution in [0.5, 0.6) is 5.06 Å². The lowest BCUT2D eigenvalue weighted by molar-refractivity contribution is -0.191. The highest BCUT2D eigenvalue weighted by atomic mass is 127. The lowest BCUT2D eigenvalue weighted by atomic mass is 9.95. The molecule has 138 heavy (non-hydrogen) atoms. The van der Waals surface area contributed by atoms with Crippen molar-refractivity contribution in [3.63, 3.8) is 0 Å². The van der Waals surface area contributed by atoms with Gasteiger partial charge in [0.2, 0.25) is 0 Å². The summed E-state index contributed by atoms with van der Waals surface area (Å²) in [5.74, 6) is 0.163. The fraction of sp³-hybridized carbons (Fsp3) is 0.552. The van der Waals surface area contributed by atoms with Crippen LogP contribution in [0, 0.1) is 28.8 Å². The van der Waals surface area contributed by atoms with Crippen LogP contribution in [0.1, 0.15) is 439 Å². The van der Waals surface area contributed by atoms with E-state index in [2.05, 4.69) is 393 Å². The van der Waals surface area contributed by atoms with Crippen molar-refractivity contribution in [3.05, 3.63) is 255 Å². The summed E-state index contributed by atoms with van der Waals surface area (Å²) in [6, 6.07) is 49.1. The standard InChI is InChI=1S/C10H14OS.C9H12O2S.C9H12OS.3C9H14S.C8H11BrS.C8H11ClS.C8H11FS.C8H11IS.2C8H12S.CO2.12CH4/c1-7(11)8-5-6-9(12-8)10(2,3)4;1-9(2,3)7-4-5-8(12-7)11-6-10;1-9(2,3)8-5-4-7(6-10)11-8;3*1-7-5-6-8(10-7)9(2,3)4;4*1-8(2,3)6-4-5-7(9)10-6;2*1-8(2,3)7-5-4-6-9-7;2-1-3;;;;;;;;;;;;/h5-6H,1-4H3;4-6H,1-3H3;4-6H,1-3H3;3*5-6H,1-4H3;4*4-5H,1-3H3;2*4-6H,1-3H3;;12*1H4/i;;;1-1;;;;;9-1;;6T;;;;;;;;;;;;;;. The van der Waals surface area contributed by atoms with Crippen LogP contribution in [0.25, 0.3) is 0 Å². The number of Topliss-reactive ketones (excluding diaryl/α,β-unsaturated/α-hetero) is 1. The molecule has 0 saturated heterocycles. The number of ether oxygens (including phenoxy) is 1. The van der Waals surface area contributed by atoms with E-state index in [4.69, 9.17) is 27.3 Å². The Morgan fingerprint density at radius 1 is 0.348 bits per heavy atom. The summed E-state index contributed by atoms with van der Waals surface area (Å²) in [7, 11) is 0. The number of carbonyl (C=O) groups excluding carboxylic acids is 5. The molecule has 0 aromatic carbocycles. The maximum atomic E-state index is 12.5. The Morgan fingerprint density at radius 3 is 0.812 bits per heavy atom. The van der Waals surface area contributed by atoms with Gasteiger partial charge in [-0.3, -0.25) is 14.4 Å². The van der Waals surface area contributed by atoms with Crippen molar-refractivity contribution < 1.29 is 34.5 Å². The number of ketones is 1. The monoisotopic (exact) mass is 2330 g/mol. The van der Waals surface area contributed by atoms with Gasteiger partial charge in [-0.25, -0.2) is 0 Å². The van der Waals surface area contributed by atoms with E-state index in [0.29, 0.717) is 49.4 Å². The molecule has 0 aliphatic rings. The van der Waals surface area contributed by atoms with Crippen LogP contribution in [0.3, 0.4) is 0 Å². The number of halogens is 4. The molecule has 0 amide bonds. The minimum atomic E-state index is -0.0927. The molecule has 0 radical (unpaired) electrons. The number of aryl methyl sites for hydroxylation is 3. The Kier molecular flexibility index (Phi) is 83.5. The van der Waals surface area contributed by atoms with Crippen molar-refractivity contribution in [3.8, 4) is 5.06 Å². The van der Waals surface area contributed by atoms with E-state index in [1.165, 1.54) is 104 Å². The SMILES string of the molecule is C.C.C.C.C.C.C.C.C.C.C.C.CC(=O)c1ccc(C(C)(C)C)s1.CC(C)(C)c1ccc(Br)s1.CC(C)(C)c1ccc(C=O)s1.CC(C)(C)c1ccc(Cl)s1.CC(C)(C)c1ccc(I)s1.CC(C)(C)c1ccc(OC=O)s1.CC(C)(C)c1ccc([11CH3])s1.CC(C)(C)c1ccc([18F])s1.CC(C)(C)c1cccs1.Cc1ccc(C(C)(C)C)s1.Cc1ccc(C(C)(C)C)s1.O=C=O.[3H]c1ccc(C(C)(C)C)s1. The van der Waals surface area contributed by atoms with Gasteiger partial charge in [0.25, 0.3) is 6.47 Å². The summed E-state index contributed by atoms with van der Waals surface area (Å²) >= 11 is 31.9. The van der Waals surface area contributed by atoms with Gasteiger partial charge in [0.15, 0.2) is 22.3 Å². The summed E-state index contributed by atoms with van der Waals surface area (Å²) in [4.78, 5) is 69.8. The van der Waals surface area contributed by atoms with Gasteiger partial charge in [0.05, 0.1) is 22.1 Å². The molecule has 12 heterocycles. The number of rotatable bonds is 4. The molecule has 6 nitrogen and oxygen atoms in total. The second kappa shape index (κ2) is 72.3. The Hall–Kier alpha value is -3.98. The lowest BCUT2D eigenvalue weighted by Gasteiger charge is -2.15. The first kappa shape index (κ1) is 159. The number of carbonyl (C=O) groups is 3. The summed E-state index contributed by atoms with van der Waals surface area (Å²) in [5.41, 5.74) is 2.99. The third-order valence-electron chi connectivity index (χ3n) is 16.8. The van der Waals surface area contributed by atoms with Gasteiger partial charge >= 0.3 is 6.15 Å². The third kappa shape index (κ3) is 69.2. The highest BCUT2D eigenvalue weighted by Gasteiger charge is 2.24. The number of aldehydes is 1. The van der Waals surface area contributed by atoms with Crippen LogP contribution in [0.15, 0.2) is 160 Å². The van der Waals surface area contributed by atoms with Gasteiger partial charge in [-0.2, -0.15) is 14.0 Å². The summed E-state index contributed by atoms with van der Waals surface area (Å²) in [5, 5.41) is 3.35. The maximum absolute atomic E-state index is 12.5. The van der Waals surface area contributed by atoms with Crippen molar-refractivity contribution in [2.24, 2.45) is 0 Å². The van der Waals surface area contributed by atoms with E-state index in [9.17, 15) is 18.8 Å². The van der Waals surface area contributed by atoms with E-state index >= 15 is 0 Å². The normalized spacial score (nSPS) is 10.7. The first-order valence-electron chi connectivity index (χ1n) is 42.2. The van der Waals surface area contributed by atoms with Gasteiger partial charge in [0.1, 0.15) is 0 Å². The predicted octanol–water partition coefficient (Wildman–Crippen LogP) is 46.2. The molecule has 0 fully saturated rings. The van der Waals surface area contributed by atoms with E-state index < -0.39 is 0 Å². The quantitative estimate of drug-likeness (QED) is 0.0990. The van der Waals surface area contributed by atoms with Gasteiger partial charge in [-0.05, 0) is 275 Å². The highest BCUT2D eigenvalue weighted by molar-refractivity contribution is 14.1. The van der Waals surface area contributed by atoms with E-state index in [-0.39, 0.29) is 139 Å². The number of hydrogen-bond acceptors (Lipinski definition) is 18. The van der Waals surface area contributed by atoms with Crippen LogP contribution in [0.2, 0.25) is 4.34 Å². The Labute approximate surface area is 927 Å². The van der Waals surface area contributed by atoms with Crippen LogP contribution >= 0.6 is 186 Å². The first-order valence-corrected chi connectivity index (χ1v) is 53.8. The second-order valence-electron chi connectivity index (χ2n) is 42.0. The molecule has 12 aromatic rings. The average molecular weight is 2330 g/mol. The Balaban J connectivity index is -0.000000112. The third-order valence-corrected chi connectivity index (χ3v) is 35.4. The zero-order chi connectivity index (χ0) is 98.8.